The van der Waals surface area contributed by atoms with Gasteiger partial charge in [0.15, 0.2) is 5.82 Å². The van der Waals surface area contributed by atoms with E-state index >= 15 is 0 Å². The van der Waals surface area contributed by atoms with Crippen LogP contribution in [0.2, 0.25) is 0 Å². The predicted octanol–water partition coefficient (Wildman–Crippen LogP) is 3.02. The molecule has 3 rings (SSSR count). The van der Waals surface area contributed by atoms with Crippen LogP contribution in [0.15, 0.2) is 28.7 Å². The van der Waals surface area contributed by atoms with Crippen molar-refractivity contribution in [1.29, 1.82) is 0 Å². The average molecular weight is 320 g/mol. The molecule has 0 bridgehead atoms. The molecule has 19 heavy (non-hydrogen) atoms. The number of nitrogens with one attached hydrogen (secondary N) is 1. The lowest BCUT2D eigenvalue weighted by atomic mass is 10.1. The first-order chi connectivity index (χ1) is 9.28. The van der Waals surface area contributed by atoms with Crippen molar-refractivity contribution in [3.63, 3.8) is 0 Å². The molecule has 0 radical (unpaired) electrons. The molecule has 0 atom stereocenters. The van der Waals surface area contributed by atoms with E-state index in [2.05, 4.69) is 31.2 Å². The van der Waals surface area contributed by atoms with E-state index in [0.29, 0.717) is 6.61 Å². The maximum atomic E-state index is 5.47. The van der Waals surface area contributed by atoms with Crippen molar-refractivity contribution < 1.29 is 4.74 Å². The highest BCUT2D eigenvalue weighted by molar-refractivity contribution is 9.10. The van der Waals surface area contributed by atoms with Crippen LogP contribution in [0.3, 0.4) is 0 Å². The number of hydrogen-bond donors (Lipinski definition) is 1. The van der Waals surface area contributed by atoms with E-state index in [4.69, 9.17) is 4.74 Å². The average Bonchev–Trinajstić information content (AvgIpc) is 2.47. The number of anilines is 1. The summed E-state index contributed by atoms with van der Waals surface area (Å²) in [7, 11) is 1.88. The van der Waals surface area contributed by atoms with E-state index in [-0.39, 0.29) is 0 Å². The van der Waals surface area contributed by atoms with Crippen LogP contribution in [0.5, 0.6) is 0 Å². The van der Waals surface area contributed by atoms with Gasteiger partial charge in [0.1, 0.15) is 5.82 Å². The van der Waals surface area contributed by atoms with Crippen molar-refractivity contribution >= 4 is 21.7 Å². The van der Waals surface area contributed by atoms with Crippen molar-refractivity contribution in [3.8, 4) is 11.4 Å². The van der Waals surface area contributed by atoms with E-state index in [1.165, 1.54) is 0 Å². The van der Waals surface area contributed by atoms with Gasteiger partial charge < -0.3 is 10.1 Å². The summed E-state index contributed by atoms with van der Waals surface area (Å²) in [5.74, 6) is 1.63. The highest BCUT2D eigenvalue weighted by Crippen LogP contribution is 2.26. The molecule has 4 nitrogen and oxygen atoms in total. The molecule has 0 amide bonds. The van der Waals surface area contributed by atoms with Gasteiger partial charge in [-0.3, -0.25) is 0 Å². The van der Waals surface area contributed by atoms with Gasteiger partial charge in [0.25, 0.3) is 0 Å². The summed E-state index contributed by atoms with van der Waals surface area (Å²) in [6.45, 7) is 1.32. The van der Waals surface area contributed by atoms with Gasteiger partial charge in [0, 0.05) is 29.1 Å². The van der Waals surface area contributed by atoms with Gasteiger partial charge in [0.2, 0.25) is 0 Å². The van der Waals surface area contributed by atoms with E-state index in [1.54, 1.807) is 0 Å². The quantitative estimate of drug-likeness (QED) is 0.924. The van der Waals surface area contributed by atoms with Crippen LogP contribution in [-0.4, -0.2) is 23.6 Å². The highest BCUT2D eigenvalue weighted by atomic mass is 79.9. The van der Waals surface area contributed by atoms with Crippen LogP contribution in [-0.2, 0) is 17.8 Å². The van der Waals surface area contributed by atoms with Crippen molar-refractivity contribution in [2.75, 3.05) is 19.0 Å². The Labute approximate surface area is 120 Å². The third kappa shape index (κ3) is 2.48. The number of benzene rings is 1. The molecule has 5 heteroatoms. The van der Waals surface area contributed by atoms with Crippen LogP contribution in [0.1, 0.15) is 11.3 Å². The molecule has 1 N–H and O–H groups in total. The molecule has 0 aliphatic carbocycles. The molecule has 1 aromatic carbocycles. The van der Waals surface area contributed by atoms with Gasteiger partial charge in [-0.05, 0) is 12.1 Å². The molecule has 1 aromatic heterocycles. The molecular formula is C14H14BrN3O. The summed E-state index contributed by atoms with van der Waals surface area (Å²) in [5.41, 5.74) is 3.19. The zero-order valence-corrected chi connectivity index (χ0v) is 12.2. The van der Waals surface area contributed by atoms with E-state index < -0.39 is 0 Å². The second kappa shape index (κ2) is 5.27. The minimum absolute atomic E-state index is 0.589. The number of halogens is 1. The Morgan fingerprint density at radius 3 is 2.74 bits per heavy atom. The van der Waals surface area contributed by atoms with E-state index in [0.717, 1.165) is 46.0 Å². The minimum Gasteiger partial charge on any atom is -0.376 e. The second-order valence-electron chi connectivity index (χ2n) is 4.38. The summed E-state index contributed by atoms with van der Waals surface area (Å²) in [5, 5.41) is 3.14. The van der Waals surface area contributed by atoms with Crippen LogP contribution in [0.25, 0.3) is 11.4 Å². The Balaban J connectivity index is 2.09. The number of nitrogens with zero attached hydrogens (tertiary/aromatic N) is 2. The summed E-state index contributed by atoms with van der Waals surface area (Å²) < 4.78 is 6.53. The summed E-state index contributed by atoms with van der Waals surface area (Å²) in [6, 6.07) is 8.04. The fourth-order valence-corrected chi connectivity index (χ4v) is 2.43. The molecule has 0 saturated heterocycles. The molecule has 0 unspecified atom stereocenters. The maximum absolute atomic E-state index is 5.47. The van der Waals surface area contributed by atoms with Gasteiger partial charge in [-0.2, -0.15) is 0 Å². The summed E-state index contributed by atoms with van der Waals surface area (Å²) in [6.07, 6.45) is 0.843. The van der Waals surface area contributed by atoms with Gasteiger partial charge in [-0.15, -0.1) is 0 Å². The van der Waals surface area contributed by atoms with Crippen molar-refractivity contribution in [2.24, 2.45) is 0 Å². The Morgan fingerprint density at radius 1 is 1.21 bits per heavy atom. The van der Waals surface area contributed by atoms with Gasteiger partial charge in [-0.25, -0.2) is 9.97 Å². The third-order valence-electron chi connectivity index (χ3n) is 3.16. The fraction of sp³-hybridized carbons (Fsp3) is 0.286. The SMILES string of the molecule is CNc1nc(-c2ccc(Br)cc2)nc2c1COCC2. The highest BCUT2D eigenvalue weighted by Gasteiger charge is 2.18. The van der Waals surface area contributed by atoms with Crippen molar-refractivity contribution in [1.82, 2.24) is 9.97 Å². The molecular weight excluding hydrogens is 306 g/mol. The summed E-state index contributed by atoms with van der Waals surface area (Å²) in [4.78, 5) is 9.26. The standard InChI is InChI=1S/C14H14BrN3O/c1-16-14-11-8-19-7-6-12(11)17-13(18-14)9-2-4-10(15)5-3-9/h2-5H,6-8H2,1H3,(H,16,17,18). The Hall–Kier alpha value is -1.46. The zero-order valence-electron chi connectivity index (χ0n) is 10.6. The van der Waals surface area contributed by atoms with Crippen molar-refractivity contribution in [2.45, 2.75) is 13.0 Å². The smallest absolute Gasteiger partial charge is 0.161 e. The molecule has 0 spiro atoms. The lowest BCUT2D eigenvalue weighted by molar-refractivity contribution is 0.109. The maximum Gasteiger partial charge on any atom is 0.161 e. The van der Waals surface area contributed by atoms with E-state index in [1.807, 2.05) is 31.3 Å². The Morgan fingerprint density at radius 2 is 2.00 bits per heavy atom. The van der Waals surface area contributed by atoms with Gasteiger partial charge in [-0.1, -0.05) is 28.1 Å². The number of aromatic nitrogens is 2. The zero-order chi connectivity index (χ0) is 13.2. The second-order valence-corrected chi connectivity index (χ2v) is 5.30. The molecule has 0 saturated carbocycles. The number of hydrogen-bond acceptors (Lipinski definition) is 4. The van der Waals surface area contributed by atoms with Crippen LogP contribution < -0.4 is 5.32 Å². The monoisotopic (exact) mass is 319 g/mol. The van der Waals surface area contributed by atoms with Crippen LogP contribution in [0, 0.1) is 0 Å². The Kier molecular flexibility index (Phi) is 3.48. The van der Waals surface area contributed by atoms with Gasteiger partial charge in [0.05, 0.1) is 18.9 Å². The minimum atomic E-state index is 0.589. The number of rotatable bonds is 2. The lowest BCUT2D eigenvalue weighted by Gasteiger charge is -2.19. The largest absolute Gasteiger partial charge is 0.376 e. The van der Waals surface area contributed by atoms with Crippen LogP contribution in [0.4, 0.5) is 5.82 Å². The van der Waals surface area contributed by atoms with Crippen molar-refractivity contribution in [3.05, 3.63) is 40.0 Å². The molecule has 1 aliphatic heterocycles. The summed E-state index contributed by atoms with van der Waals surface area (Å²) >= 11 is 3.44. The molecule has 2 heterocycles. The number of ether oxygens (including phenoxy) is 1. The molecule has 1 aliphatic rings. The molecule has 2 aromatic rings. The Bertz CT molecular complexity index is 581. The first-order valence-corrected chi connectivity index (χ1v) is 6.98. The van der Waals surface area contributed by atoms with Crippen LogP contribution >= 0.6 is 15.9 Å². The topological polar surface area (TPSA) is 47.0 Å². The first kappa shape index (κ1) is 12.6. The number of fused-ring (bicyclic) bond motifs is 1. The molecule has 0 fully saturated rings. The fourth-order valence-electron chi connectivity index (χ4n) is 2.17. The van der Waals surface area contributed by atoms with E-state index in [9.17, 15) is 0 Å². The normalized spacial score (nSPS) is 14.0. The van der Waals surface area contributed by atoms with Gasteiger partial charge >= 0.3 is 0 Å². The lowest BCUT2D eigenvalue weighted by Crippen LogP contribution is -2.16. The predicted molar refractivity (Wildman–Crippen MR) is 78.1 cm³/mol. The third-order valence-corrected chi connectivity index (χ3v) is 3.69. The first-order valence-electron chi connectivity index (χ1n) is 6.19. The molecule has 98 valence electrons.